The lowest BCUT2D eigenvalue weighted by molar-refractivity contribution is -0.870. The zero-order chi connectivity index (χ0) is 54.3. The molecule has 0 aliphatic heterocycles. The standard InChI is InChI=1S/C64H125N2O7P/c1-6-8-10-12-14-16-18-20-21-22-23-24-25-26-27-28-29-30-31-32-33-34-35-36-37-38-39-40-41-42-43-44-45-47-49-51-53-55-57-63(68)65-61(60-73-74(70,71)72-59-58-66(3,4)5)64(69)62(67)56-54-52-50-48-46-19-17-15-13-11-9-7-2/h7,9,15,17,48,50,61-62,64,67,69H,6,8,10-14,16,18-47,49,51-60H2,1-5H3,(H-,65,68,70,71)/b9-7+,17-15+,50-48+. The van der Waals surface area contributed by atoms with E-state index in [2.05, 4.69) is 48.7 Å². The third-order valence-electron chi connectivity index (χ3n) is 14.8. The van der Waals surface area contributed by atoms with Gasteiger partial charge in [0, 0.05) is 6.42 Å². The van der Waals surface area contributed by atoms with E-state index in [0.717, 1.165) is 44.9 Å². The summed E-state index contributed by atoms with van der Waals surface area (Å²) in [5.41, 5.74) is 0. The van der Waals surface area contributed by atoms with Crippen LogP contribution in [0, 0.1) is 0 Å². The van der Waals surface area contributed by atoms with Crippen molar-refractivity contribution in [2.24, 2.45) is 0 Å². The highest BCUT2D eigenvalue weighted by Gasteiger charge is 2.29. The Morgan fingerprint density at radius 2 is 0.824 bits per heavy atom. The first-order valence-electron chi connectivity index (χ1n) is 31.9. The van der Waals surface area contributed by atoms with Gasteiger partial charge < -0.3 is 34.0 Å². The quantitative estimate of drug-likeness (QED) is 0.0239. The lowest BCUT2D eigenvalue weighted by atomic mass is 10.0. The van der Waals surface area contributed by atoms with Crippen LogP contribution in [0.4, 0.5) is 0 Å². The molecule has 0 aromatic heterocycles. The summed E-state index contributed by atoms with van der Waals surface area (Å²) in [6.07, 6.45) is 68.6. The van der Waals surface area contributed by atoms with Crippen molar-refractivity contribution in [2.75, 3.05) is 40.9 Å². The van der Waals surface area contributed by atoms with Crippen LogP contribution >= 0.6 is 7.82 Å². The second-order valence-electron chi connectivity index (χ2n) is 23.3. The normalized spacial score (nSPS) is 14.4. The van der Waals surface area contributed by atoms with Crippen LogP contribution in [-0.2, 0) is 18.4 Å². The molecule has 0 saturated heterocycles. The van der Waals surface area contributed by atoms with Gasteiger partial charge in [-0.2, -0.15) is 0 Å². The van der Waals surface area contributed by atoms with Crippen LogP contribution < -0.4 is 10.2 Å². The van der Waals surface area contributed by atoms with Crippen molar-refractivity contribution in [3.8, 4) is 0 Å². The summed E-state index contributed by atoms with van der Waals surface area (Å²) >= 11 is 0. The Bertz CT molecular complexity index is 1320. The van der Waals surface area contributed by atoms with Crippen LogP contribution in [0.1, 0.15) is 309 Å². The van der Waals surface area contributed by atoms with Crippen molar-refractivity contribution in [3.05, 3.63) is 36.5 Å². The number of allylic oxidation sites excluding steroid dienone is 6. The highest BCUT2D eigenvalue weighted by atomic mass is 31.2. The van der Waals surface area contributed by atoms with Crippen LogP contribution in [0.15, 0.2) is 36.5 Å². The molecule has 0 bridgehead atoms. The number of aliphatic hydroxyl groups excluding tert-OH is 2. The molecule has 0 saturated carbocycles. The number of unbranched alkanes of at least 4 members (excludes halogenated alkanes) is 40. The highest BCUT2D eigenvalue weighted by molar-refractivity contribution is 7.45. The monoisotopic (exact) mass is 1060 g/mol. The van der Waals surface area contributed by atoms with Crippen molar-refractivity contribution >= 4 is 13.7 Å². The summed E-state index contributed by atoms with van der Waals surface area (Å²) in [4.78, 5) is 25.5. The second kappa shape index (κ2) is 55.0. The number of quaternary nitrogens is 1. The minimum atomic E-state index is -4.68. The third kappa shape index (κ3) is 55.4. The molecule has 0 heterocycles. The number of nitrogens with zero attached hydrogens (tertiary/aromatic N) is 1. The largest absolute Gasteiger partial charge is 0.756 e. The molecular formula is C64H125N2O7P. The van der Waals surface area contributed by atoms with Crippen LogP contribution in [0.3, 0.4) is 0 Å². The highest BCUT2D eigenvalue weighted by Crippen LogP contribution is 2.38. The number of amides is 1. The number of aliphatic hydroxyl groups is 2. The molecule has 0 fully saturated rings. The van der Waals surface area contributed by atoms with E-state index < -0.39 is 32.7 Å². The molecule has 4 atom stereocenters. The van der Waals surface area contributed by atoms with Gasteiger partial charge in [-0.15, -0.1) is 0 Å². The van der Waals surface area contributed by atoms with Crippen LogP contribution in [0.5, 0.6) is 0 Å². The number of hydrogen-bond donors (Lipinski definition) is 3. The van der Waals surface area contributed by atoms with Gasteiger partial charge in [-0.25, -0.2) is 0 Å². The van der Waals surface area contributed by atoms with Gasteiger partial charge in [0.1, 0.15) is 19.3 Å². The fraction of sp³-hybridized carbons (Fsp3) is 0.891. The molecule has 0 aromatic carbocycles. The van der Waals surface area contributed by atoms with Crippen molar-refractivity contribution in [1.29, 1.82) is 0 Å². The average Bonchev–Trinajstić information content (AvgIpc) is 3.36. The fourth-order valence-electron chi connectivity index (χ4n) is 9.77. The first-order chi connectivity index (χ1) is 35.9. The molecule has 4 unspecified atom stereocenters. The van der Waals surface area contributed by atoms with E-state index in [1.54, 1.807) is 0 Å². The summed E-state index contributed by atoms with van der Waals surface area (Å²) in [7, 11) is 1.10. The Morgan fingerprint density at radius 1 is 0.500 bits per heavy atom. The Hall–Kier alpha value is -1.32. The van der Waals surface area contributed by atoms with E-state index in [1.807, 2.05) is 28.1 Å². The fourth-order valence-corrected chi connectivity index (χ4v) is 10.5. The molecule has 0 spiro atoms. The van der Waals surface area contributed by atoms with Gasteiger partial charge in [-0.1, -0.05) is 281 Å². The number of rotatable bonds is 59. The van der Waals surface area contributed by atoms with Gasteiger partial charge in [-0.05, 0) is 58.3 Å². The number of hydrogen-bond acceptors (Lipinski definition) is 7. The summed E-state index contributed by atoms with van der Waals surface area (Å²) in [6, 6.07) is -1.10. The van der Waals surface area contributed by atoms with Crippen molar-refractivity contribution in [3.63, 3.8) is 0 Å². The van der Waals surface area contributed by atoms with Gasteiger partial charge in [0.2, 0.25) is 5.91 Å². The van der Waals surface area contributed by atoms with Crippen LogP contribution in [-0.4, -0.2) is 79.8 Å². The zero-order valence-electron chi connectivity index (χ0n) is 49.7. The van der Waals surface area contributed by atoms with Gasteiger partial charge in [0.15, 0.2) is 0 Å². The number of carbonyl (C=O) groups excluding carboxylic acids is 1. The van der Waals surface area contributed by atoms with E-state index in [1.165, 1.54) is 225 Å². The molecule has 74 heavy (non-hydrogen) atoms. The Kier molecular flexibility index (Phi) is 54.0. The minimum Gasteiger partial charge on any atom is -0.756 e. The molecule has 0 aliphatic rings. The van der Waals surface area contributed by atoms with E-state index in [0.29, 0.717) is 30.3 Å². The first-order valence-corrected chi connectivity index (χ1v) is 33.3. The third-order valence-corrected chi connectivity index (χ3v) is 15.7. The van der Waals surface area contributed by atoms with Crippen molar-refractivity contribution in [2.45, 2.75) is 327 Å². The number of phosphoric ester groups is 1. The molecule has 10 heteroatoms. The topological polar surface area (TPSA) is 128 Å². The van der Waals surface area contributed by atoms with Crippen molar-refractivity contribution in [1.82, 2.24) is 5.32 Å². The maximum Gasteiger partial charge on any atom is 0.268 e. The molecule has 0 aromatic rings. The molecule has 0 radical (unpaired) electrons. The van der Waals surface area contributed by atoms with Gasteiger partial charge in [0.25, 0.3) is 7.82 Å². The van der Waals surface area contributed by atoms with E-state index in [4.69, 9.17) is 9.05 Å². The Labute approximate surface area is 460 Å². The molecule has 438 valence electrons. The van der Waals surface area contributed by atoms with Gasteiger partial charge >= 0.3 is 0 Å². The van der Waals surface area contributed by atoms with Crippen LogP contribution in [0.25, 0.3) is 0 Å². The summed E-state index contributed by atoms with van der Waals surface area (Å²) in [6.45, 7) is 4.23. The lowest BCUT2D eigenvalue weighted by Gasteiger charge is -2.31. The molecule has 0 rings (SSSR count). The van der Waals surface area contributed by atoms with E-state index in [9.17, 15) is 24.5 Å². The van der Waals surface area contributed by atoms with Crippen molar-refractivity contribution < 1.29 is 38.0 Å². The first kappa shape index (κ1) is 72.7. The van der Waals surface area contributed by atoms with Crippen LogP contribution in [0.2, 0.25) is 0 Å². The Morgan fingerprint density at radius 3 is 1.16 bits per heavy atom. The SMILES string of the molecule is C/C=C/CC/C=C/CC/C=C/CCCC(O)C(O)C(COP(=O)([O-])OCC[N+](C)(C)C)NC(=O)CCCCCCCCCCCCCCCCCCCCCCCCCCCCCCCCCCCCCCCC. The molecule has 1 amide bonds. The maximum absolute atomic E-state index is 13.0. The van der Waals surface area contributed by atoms with E-state index >= 15 is 0 Å². The second-order valence-corrected chi connectivity index (χ2v) is 24.7. The number of likely N-dealkylation sites (N-methyl/N-ethyl adjacent to an activating group) is 1. The summed E-state index contributed by atoms with van der Waals surface area (Å²) < 4.78 is 23.2. The number of carbonyl (C=O) groups is 1. The molecule has 9 nitrogen and oxygen atoms in total. The zero-order valence-corrected chi connectivity index (χ0v) is 50.6. The number of nitrogens with one attached hydrogen (secondary N) is 1. The van der Waals surface area contributed by atoms with E-state index in [-0.39, 0.29) is 18.9 Å². The molecular weight excluding hydrogens is 940 g/mol. The van der Waals surface area contributed by atoms with Gasteiger partial charge in [0.05, 0.1) is 39.9 Å². The predicted molar refractivity (Wildman–Crippen MR) is 318 cm³/mol. The predicted octanol–water partition coefficient (Wildman–Crippen LogP) is 18.1. The Balaban J connectivity index is 3.92. The maximum atomic E-state index is 13.0. The lowest BCUT2D eigenvalue weighted by Crippen LogP contribution is -2.51. The number of phosphoric acid groups is 1. The average molecular weight is 1070 g/mol. The molecule has 3 N–H and O–H groups in total. The minimum absolute atomic E-state index is 0.0490. The summed E-state index contributed by atoms with van der Waals surface area (Å²) in [5.74, 6) is -0.290. The smallest absolute Gasteiger partial charge is 0.268 e. The molecule has 0 aliphatic carbocycles. The summed E-state index contributed by atoms with van der Waals surface area (Å²) in [5, 5.41) is 24.7. The van der Waals surface area contributed by atoms with Gasteiger partial charge in [-0.3, -0.25) is 9.36 Å².